The Morgan fingerprint density at radius 1 is 1.14 bits per heavy atom. The van der Waals surface area contributed by atoms with Gasteiger partial charge in [-0.2, -0.15) is 0 Å². The van der Waals surface area contributed by atoms with Gasteiger partial charge in [0.25, 0.3) is 0 Å². The van der Waals surface area contributed by atoms with E-state index in [4.69, 9.17) is 9.47 Å². The third kappa shape index (κ3) is 4.90. The average molecular weight is 298 g/mol. The second-order valence-electron chi connectivity index (χ2n) is 5.06. The first-order valence-electron chi connectivity index (χ1n) is 7.32. The quantitative estimate of drug-likeness (QED) is 0.842. The highest BCUT2D eigenvalue weighted by molar-refractivity contribution is 5.50. The van der Waals surface area contributed by atoms with E-state index in [-0.39, 0.29) is 0 Å². The van der Waals surface area contributed by atoms with Gasteiger partial charge in [-0.15, -0.1) is 0 Å². The average Bonchev–Trinajstić information content (AvgIpc) is 2.56. The predicted octanol–water partition coefficient (Wildman–Crippen LogP) is 3.89. The molecule has 22 heavy (non-hydrogen) atoms. The van der Waals surface area contributed by atoms with Crippen LogP contribution in [0.2, 0.25) is 0 Å². The van der Waals surface area contributed by atoms with Gasteiger partial charge >= 0.3 is 0 Å². The minimum atomic E-state index is 0.461. The number of ether oxygens (including phenoxy) is 2. The fourth-order valence-electron chi connectivity index (χ4n) is 1.89. The van der Waals surface area contributed by atoms with Gasteiger partial charge in [0.1, 0.15) is 17.2 Å². The summed E-state index contributed by atoms with van der Waals surface area (Å²) in [7, 11) is 3.61. The predicted molar refractivity (Wildman–Crippen MR) is 89.5 cm³/mol. The molecule has 1 N–H and O–H groups in total. The van der Waals surface area contributed by atoms with E-state index >= 15 is 0 Å². The minimum Gasteiger partial charge on any atom is -0.497 e. The molecule has 0 aliphatic carbocycles. The van der Waals surface area contributed by atoms with Crippen molar-refractivity contribution in [2.45, 2.75) is 19.4 Å². The van der Waals surface area contributed by atoms with E-state index in [1.165, 1.54) is 0 Å². The molecule has 4 heteroatoms. The summed E-state index contributed by atoms with van der Waals surface area (Å²) in [4.78, 5) is 4.22. The third-order valence-electron chi connectivity index (χ3n) is 3.32. The Morgan fingerprint density at radius 3 is 2.55 bits per heavy atom. The van der Waals surface area contributed by atoms with Gasteiger partial charge in [0.2, 0.25) is 0 Å². The lowest BCUT2D eigenvalue weighted by Crippen LogP contribution is -2.19. The fourth-order valence-corrected chi connectivity index (χ4v) is 1.89. The number of methoxy groups -OCH3 is 1. The van der Waals surface area contributed by atoms with Crippen LogP contribution < -0.4 is 14.8 Å². The zero-order valence-corrected chi connectivity index (χ0v) is 13.2. The normalized spacial score (nSPS) is 12.3. The number of hydrogen-bond donors (Lipinski definition) is 1. The first kappa shape index (κ1) is 16.0. The van der Waals surface area contributed by atoms with Gasteiger partial charge < -0.3 is 14.8 Å². The first-order valence-corrected chi connectivity index (χ1v) is 7.32. The number of rotatable bonds is 7. The van der Waals surface area contributed by atoms with Crippen LogP contribution in [0.25, 0.3) is 6.08 Å². The SMILES string of the molecule is CNC(C)C/C=C/c1cncc(Oc2ccc(OC)cc2)c1. The highest BCUT2D eigenvalue weighted by atomic mass is 16.5. The Morgan fingerprint density at radius 2 is 1.86 bits per heavy atom. The van der Waals surface area contributed by atoms with Crippen molar-refractivity contribution in [3.63, 3.8) is 0 Å². The summed E-state index contributed by atoms with van der Waals surface area (Å²) in [5, 5.41) is 3.20. The van der Waals surface area contributed by atoms with Crippen LogP contribution in [0.5, 0.6) is 17.2 Å². The fraction of sp³-hybridized carbons (Fsp3) is 0.278. The van der Waals surface area contributed by atoms with Gasteiger partial charge in [0.15, 0.2) is 0 Å². The Balaban J connectivity index is 2.01. The van der Waals surface area contributed by atoms with Gasteiger partial charge in [-0.25, -0.2) is 0 Å². The second kappa shape index (κ2) is 8.20. The molecule has 116 valence electrons. The molecule has 0 aliphatic heterocycles. The van der Waals surface area contributed by atoms with Crippen molar-refractivity contribution in [2.75, 3.05) is 14.2 Å². The highest BCUT2D eigenvalue weighted by Crippen LogP contribution is 2.24. The summed E-state index contributed by atoms with van der Waals surface area (Å²) in [6.07, 6.45) is 8.69. The molecule has 1 aromatic carbocycles. The maximum absolute atomic E-state index is 5.80. The number of pyridine rings is 1. The molecule has 1 unspecified atom stereocenters. The number of benzene rings is 1. The maximum Gasteiger partial charge on any atom is 0.146 e. The van der Waals surface area contributed by atoms with Crippen LogP contribution in [0, 0.1) is 0 Å². The van der Waals surface area contributed by atoms with Crippen LogP contribution in [0.4, 0.5) is 0 Å². The van der Waals surface area contributed by atoms with E-state index in [1.807, 2.05) is 43.6 Å². The number of hydrogen-bond acceptors (Lipinski definition) is 4. The molecule has 1 aromatic heterocycles. The highest BCUT2D eigenvalue weighted by Gasteiger charge is 2.00. The molecule has 0 spiro atoms. The molecule has 4 nitrogen and oxygen atoms in total. The summed E-state index contributed by atoms with van der Waals surface area (Å²) >= 11 is 0. The Labute approximate surface area is 131 Å². The van der Waals surface area contributed by atoms with Gasteiger partial charge in [0.05, 0.1) is 13.3 Å². The summed E-state index contributed by atoms with van der Waals surface area (Å²) in [6.45, 7) is 2.14. The zero-order chi connectivity index (χ0) is 15.8. The molecule has 0 amide bonds. The van der Waals surface area contributed by atoms with Crippen LogP contribution >= 0.6 is 0 Å². The van der Waals surface area contributed by atoms with Crippen molar-refractivity contribution in [2.24, 2.45) is 0 Å². The largest absolute Gasteiger partial charge is 0.497 e. The molecule has 0 saturated carbocycles. The Kier molecular flexibility index (Phi) is 5.98. The minimum absolute atomic E-state index is 0.461. The summed E-state index contributed by atoms with van der Waals surface area (Å²) in [5.74, 6) is 2.28. The van der Waals surface area contributed by atoms with Crippen LogP contribution in [0.15, 0.2) is 48.8 Å². The molecule has 1 atom stereocenters. The van der Waals surface area contributed by atoms with Crippen LogP contribution in [0.1, 0.15) is 18.9 Å². The molecular weight excluding hydrogens is 276 g/mol. The van der Waals surface area contributed by atoms with Crippen LogP contribution in [-0.2, 0) is 0 Å². The van der Waals surface area contributed by atoms with Crippen molar-refractivity contribution in [1.29, 1.82) is 0 Å². The van der Waals surface area contributed by atoms with Crippen molar-refractivity contribution in [1.82, 2.24) is 10.3 Å². The molecule has 2 aromatic rings. The van der Waals surface area contributed by atoms with Gasteiger partial charge in [-0.05, 0) is 56.3 Å². The van der Waals surface area contributed by atoms with Crippen molar-refractivity contribution in [3.05, 3.63) is 54.4 Å². The lowest BCUT2D eigenvalue weighted by Gasteiger charge is -2.07. The Bertz CT molecular complexity index is 609. The van der Waals surface area contributed by atoms with Gasteiger partial charge in [-0.3, -0.25) is 4.98 Å². The van der Waals surface area contributed by atoms with Crippen LogP contribution in [0.3, 0.4) is 0 Å². The standard InChI is InChI=1S/C18H22N2O2/c1-14(19-2)5-4-6-15-11-18(13-20-12-15)22-17-9-7-16(21-3)8-10-17/h4,6-14,19H,5H2,1-3H3/b6-4+. The monoisotopic (exact) mass is 298 g/mol. The van der Waals surface area contributed by atoms with Crippen molar-refractivity contribution in [3.8, 4) is 17.2 Å². The first-order chi connectivity index (χ1) is 10.7. The van der Waals surface area contributed by atoms with Crippen LogP contribution in [-0.4, -0.2) is 25.2 Å². The zero-order valence-electron chi connectivity index (χ0n) is 13.2. The molecule has 0 radical (unpaired) electrons. The molecule has 1 heterocycles. The number of nitrogens with one attached hydrogen (secondary N) is 1. The molecular formula is C18H22N2O2. The number of nitrogens with zero attached hydrogens (tertiary/aromatic N) is 1. The van der Waals surface area contributed by atoms with E-state index in [1.54, 1.807) is 13.3 Å². The molecule has 2 rings (SSSR count). The van der Waals surface area contributed by atoms with E-state index in [9.17, 15) is 0 Å². The lowest BCUT2D eigenvalue weighted by atomic mass is 10.2. The summed E-state index contributed by atoms with van der Waals surface area (Å²) in [5.41, 5.74) is 1.02. The van der Waals surface area contributed by atoms with Crippen molar-refractivity contribution >= 4 is 6.08 Å². The topological polar surface area (TPSA) is 43.4 Å². The van der Waals surface area contributed by atoms with Gasteiger partial charge in [-0.1, -0.05) is 12.2 Å². The summed E-state index contributed by atoms with van der Waals surface area (Å²) < 4.78 is 10.9. The van der Waals surface area contributed by atoms with E-state index in [0.29, 0.717) is 11.8 Å². The smallest absolute Gasteiger partial charge is 0.146 e. The lowest BCUT2D eigenvalue weighted by molar-refractivity contribution is 0.412. The third-order valence-corrected chi connectivity index (χ3v) is 3.32. The molecule has 0 saturated heterocycles. The second-order valence-corrected chi connectivity index (χ2v) is 5.06. The van der Waals surface area contributed by atoms with E-state index < -0.39 is 0 Å². The molecule has 0 aliphatic rings. The van der Waals surface area contributed by atoms with E-state index in [0.717, 1.165) is 23.5 Å². The number of aromatic nitrogens is 1. The van der Waals surface area contributed by atoms with Crippen molar-refractivity contribution < 1.29 is 9.47 Å². The Hall–Kier alpha value is -2.33. The molecule has 0 bridgehead atoms. The van der Waals surface area contributed by atoms with Gasteiger partial charge in [0, 0.05) is 12.2 Å². The maximum atomic E-state index is 5.80. The van der Waals surface area contributed by atoms with E-state index in [2.05, 4.69) is 29.4 Å². The molecule has 0 fully saturated rings. The summed E-state index contributed by atoms with van der Waals surface area (Å²) in [6, 6.07) is 9.91.